The summed E-state index contributed by atoms with van der Waals surface area (Å²) in [4.78, 5) is 28.2. The third-order valence-corrected chi connectivity index (χ3v) is 5.00. The third-order valence-electron chi connectivity index (χ3n) is 5.00. The van der Waals surface area contributed by atoms with Crippen molar-refractivity contribution in [1.82, 2.24) is 15.4 Å². The van der Waals surface area contributed by atoms with Crippen LogP contribution >= 0.6 is 0 Å². The van der Waals surface area contributed by atoms with Gasteiger partial charge in [0.1, 0.15) is 5.60 Å². The molecule has 0 saturated heterocycles. The molecular formula is C23H29N3O4. The second-order valence-electron chi connectivity index (χ2n) is 8.43. The topological polar surface area (TPSA) is 80.8 Å². The summed E-state index contributed by atoms with van der Waals surface area (Å²) in [6, 6.07) is 10.1. The number of amides is 1. The highest BCUT2D eigenvalue weighted by Gasteiger charge is 2.24. The van der Waals surface area contributed by atoms with Crippen LogP contribution in [0, 0.1) is 0 Å². The number of hydrogen-bond donors (Lipinski definition) is 1. The summed E-state index contributed by atoms with van der Waals surface area (Å²) in [7, 11) is 1.40. The molecule has 0 spiro atoms. The van der Waals surface area contributed by atoms with Crippen molar-refractivity contribution in [1.29, 1.82) is 0 Å². The number of esters is 1. The van der Waals surface area contributed by atoms with Gasteiger partial charge in [0.25, 0.3) is 0 Å². The first-order valence-electron chi connectivity index (χ1n) is 10.1. The second kappa shape index (κ2) is 9.26. The van der Waals surface area contributed by atoms with Crippen LogP contribution in [0.25, 0.3) is 0 Å². The van der Waals surface area contributed by atoms with Crippen LogP contribution in [-0.4, -0.2) is 41.3 Å². The molecule has 160 valence electrons. The number of carbonyl (C=O) groups excluding carboxylic acids is 2. The molecule has 2 aromatic rings. The molecule has 30 heavy (non-hydrogen) atoms. The standard InChI is InChI=1S/C23H29N3O4/c1-23(2,3)30-22(28)25-26-12-9-16-5-6-18(13-19(16)15-26)20(14-21(27)29-4)17-7-10-24-11-8-17/h5-8,10-11,13,20H,9,12,14-15H2,1-4H3,(H,25,28). The Labute approximate surface area is 177 Å². The fourth-order valence-corrected chi connectivity index (χ4v) is 3.59. The quantitative estimate of drug-likeness (QED) is 0.758. The molecule has 2 heterocycles. The highest BCUT2D eigenvalue weighted by molar-refractivity contribution is 5.71. The van der Waals surface area contributed by atoms with Gasteiger partial charge in [-0.25, -0.2) is 9.80 Å². The Kier molecular flexibility index (Phi) is 6.72. The molecule has 0 radical (unpaired) electrons. The Morgan fingerprint density at radius 2 is 1.87 bits per heavy atom. The number of hydrazine groups is 1. The highest BCUT2D eigenvalue weighted by atomic mass is 16.6. The minimum atomic E-state index is -0.545. The van der Waals surface area contributed by atoms with Crippen molar-refractivity contribution >= 4 is 12.1 Å². The molecule has 0 bridgehead atoms. The van der Waals surface area contributed by atoms with Crippen molar-refractivity contribution in [2.45, 2.75) is 51.7 Å². The smallest absolute Gasteiger partial charge is 0.422 e. The zero-order chi connectivity index (χ0) is 21.7. The van der Waals surface area contributed by atoms with Gasteiger partial charge in [0, 0.05) is 31.4 Å². The van der Waals surface area contributed by atoms with Crippen molar-refractivity contribution in [3.63, 3.8) is 0 Å². The zero-order valence-corrected chi connectivity index (χ0v) is 18.0. The van der Waals surface area contributed by atoms with E-state index in [-0.39, 0.29) is 18.3 Å². The lowest BCUT2D eigenvalue weighted by Crippen LogP contribution is -2.46. The molecule has 7 heteroatoms. The SMILES string of the molecule is COC(=O)CC(c1ccncc1)c1ccc2c(c1)CN(NC(=O)OC(C)(C)C)CC2. The molecule has 0 fully saturated rings. The fraction of sp³-hybridized carbons (Fsp3) is 0.435. The summed E-state index contributed by atoms with van der Waals surface area (Å²) in [6.07, 6.45) is 4.07. The molecule has 7 nitrogen and oxygen atoms in total. The van der Waals surface area contributed by atoms with Gasteiger partial charge in [-0.05, 0) is 61.6 Å². The lowest BCUT2D eigenvalue weighted by molar-refractivity contribution is -0.140. The maximum absolute atomic E-state index is 12.1. The number of fused-ring (bicyclic) bond motifs is 1. The Hall–Kier alpha value is -2.93. The van der Waals surface area contributed by atoms with Gasteiger partial charge in [0.05, 0.1) is 13.5 Å². The van der Waals surface area contributed by atoms with Gasteiger partial charge in [-0.3, -0.25) is 15.2 Å². The molecule has 3 rings (SSSR count). The molecule has 1 aromatic carbocycles. The second-order valence-corrected chi connectivity index (χ2v) is 8.43. The van der Waals surface area contributed by atoms with Gasteiger partial charge in [0.2, 0.25) is 0 Å². The van der Waals surface area contributed by atoms with E-state index in [2.05, 4.69) is 28.6 Å². The average molecular weight is 412 g/mol. The van der Waals surface area contributed by atoms with Gasteiger partial charge in [-0.1, -0.05) is 18.2 Å². The predicted molar refractivity (Wildman–Crippen MR) is 113 cm³/mol. The van der Waals surface area contributed by atoms with Crippen molar-refractivity contribution in [2.24, 2.45) is 0 Å². The van der Waals surface area contributed by atoms with Crippen LogP contribution in [0.5, 0.6) is 0 Å². The normalized spacial score (nSPS) is 15.1. The molecule has 1 unspecified atom stereocenters. The first-order valence-corrected chi connectivity index (χ1v) is 10.1. The summed E-state index contributed by atoms with van der Waals surface area (Å²) in [6.45, 7) is 6.80. The van der Waals surface area contributed by atoms with Crippen LogP contribution in [0.2, 0.25) is 0 Å². The highest BCUT2D eigenvalue weighted by Crippen LogP contribution is 2.31. The number of ether oxygens (including phenoxy) is 2. The van der Waals surface area contributed by atoms with Crippen LogP contribution in [0.1, 0.15) is 55.4 Å². The van der Waals surface area contributed by atoms with Crippen molar-refractivity contribution in [3.05, 3.63) is 65.0 Å². The van der Waals surface area contributed by atoms with Crippen molar-refractivity contribution in [3.8, 4) is 0 Å². The van der Waals surface area contributed by atoms with Gasteiger partial charge in [-0.2, -0.15) is 0 Å². The van der Waals surface area contributed by atoms with Gasteiger partial charge in [-0.15, -0.1) is 0 Å². The average Bonchev–Trinajstić information content (AvgIpc) is 2.70. The van der Waals surface area contributed by atoms with Crippen LogP contribution in [0.15, 0.2) is 42.7 Å². The van der Waals surface area contributed by atoms with Crippen LogP contribution in [0.4, 0.5) is 4.79 Å². The summed E-state index contributed by atoms with van der Waals surface area (Å²) in [5.41, 5.74) is 6.69. The molecule has 0 saturated carbocycles. The lowest BCUT2D eigenvalue weighted by Gasteiger charge is -2.31. The Morgan fingerprint density at radius 1 is 1.13 bits per heavy atom. The lowest BCUT2D eigenvalue weighted by atomic mass is 9.86. The largest absolute Gasteiger partial charge is 0.469 e. The summed E-state index contributed by atoms with van der Waals surface area (Å²) >= 11 is 0. The Bertz CT molecular complexity index is 893. The Morgan fingerprint density at radius 3 is 2.53 bits per heavy atom. The van der Waals surface area contributed by atoms with Crippen molar-refractivity contribution < 1.29 is 19.1 Å². The minimum Gasteiger partial charge on any atom is -0.469 e. The van der Waals surface area contributed by atoms with Gasteiger partial charge < -0.3 is 9.47 Å². The van der Waals surface area contributed by atoms with Gasteiger partial charge >= 0.3 is 12.1 Å². The number of hydrogen-bond acceptors (Lipinski definition) is 6. The first kappa shape index (κ1) is 21.8. The van der Waals surface area contributed by atoms with E-state index < -0.39 is 11.7 Å². The van der Waals surface area contributed by atoms with E-state index in [1.165, 1.54) is 12.7 Å². The molecular weight excluding hydrogens is 382 g/mol. The Balaban J connectivity index is 1.80. The van der Waals surface area contributed by atoms with E-state index >= 15 is 0 Å². The summed E-state index contributed by atoms with van der Waals surface area (Å²) in [5.74, 6) is -0.386. The predicted octanol–water partition coefficient (Wildman–Crippen LogP) is 3.57. The molecule has 1 N–H and O–H groups in total. The van der Waals surface area contributed by atoms with E-state index in [0.29, 0.717) is 13.1 Å². The van der Waals surface area contributed by atoms with Crippen molar-refractivity contribution in [2.75, 3.05) is 13.7 Å². The summed E-state index contributed by atoms with van der Waals surface area (Å²) in [5, 5.41) is 1.86. The zero-order valence-electron chi connectivity index (χ0n) is 18.0. The molecule has 1 aliphatic heterocycles. The number of carbonyl (C=O) groups is 2. The molecule has 1 aliphatic rings. The maximum Gasteiger partial charge on any atom is 0.422 e. The fourth-order valence-electron chi connectivity index (χ4n) is 3.59. The number of rotatable bonds is 5. The van der Waals surface area contributed by atoms with Crippen LogP contribution < -0.4 is 5.43 Å². The minimum absolute atomic E-state index is 0.125. The van der Waals surface area contributed by atoms with Crippen LogP contribution in [0.3, 0.4) is 0 Å². The molecule has 1 amide bonds. The maximum atomic E-state index is 12.1. The number of nitrogens with one attached hydrogen (secondary N) is 1. The van der Waals surface area contributed by atoms with E-state index in [1.54, 1.807) is 12.4 Å². The van der Waals surface area contributed by atoms with E-state index in [0.717, 1.165) is 23.1 Å². The number of benzene rings is 1. The van der Waals surface area contributed by atoms with E-state index in [1.807, 2.05) is 37.9 Å². The number of methoxy groups -OCH3 is 1. The number of pyridine rings is 1. The molecule has 0 aliphatic carbocycles. The third kappa shape index (κ3) is 5.79. The molecule has 1 aromatic heterocycles. The van der Waals surface area contributed by atoms with Crippen LogP contribution in [-0.2, 0) is 27.2 Å². The number of nitrogens with zero attached hydrogens (tertiary/aromatic N) is 2. The number of aromatic nitrogens is 1. The molecule has 1 atom stereocenters. The van der Waals surface area contributed by atoms with E-state index in [9.17, 15) is 9.59 Å². The first-order chi connectivity index (χ1) is 14.2. The summed E-state index contributed by atoms with van der Waals surface area (Å²) < 4.78 is 10.3. The monoisotopic (exact) mass is 411 g/mol. The van der Waals surface area contributed by atoms with Gasteiger partial charge in [0.15, 0.2) is 0 Å². The van der Waals surface area contributed by atoms with E-state index in [4.69, 9.17) is 9.47 Å².